The fourth-order valence-electron chi connectivity index (χ4n) is 1.21. The lowest BCUT2D eigenvalue weighted by molar-refractivity contribution is -0.119. The molecular formula is C7H12ClNO. The second kappa shape index (κ2) is 3.94. The van der Waals surface area contributed by atoms with Gasteiger partial charge in [-0.15, -0.1) is 11.6 Å². The first kappa shape index (κ1) is 8.02. The van der Waals surface area contributed by atoms with Gasteiger partial charge in [0.15, 0.2) is 5.78 Å². The van der Waals surface area contributed by atoms with Crippen LogP contribution in [0.4, 0.5) is 0 Å². The number of halogens is 1. The normalized spacial score (nSPS) is 25.7. The molecule has 1 aliphatic rings. The van der Waals surface area contributed by atoms with Gasteiger partial charge in [0.25, 0.3) is 0 Å². The summed E-state index contributed by atoms with van der Waals surface area (Å²) in [6, 6.07) is 0. The molecule has 0 amide bonds. The van der Waals surface area contributed by atoms with Gasteiger partial charge >= 0.3 is 0 Å². The van der Waals surface area contributed by atoms with Gasteiger partial charge in [-0.2, -0.15) is 0 Å². The monoisotopic (exact) mass is 161 g/mol. The number of hydrogen-bond donors (Lipinski definition) is 1. The van der Waals surface area contributed by atoms with Gasteiger partial charge in [-0.05, 0) is 12.8 Å². The molecule has 1 N–H and O–H groups in total. The summed E-state index contributed by atoms with van der Waals surface area (Å²) in [5.41, 5.74) is 0. The van der Waals surface area contributed by atoms with E-state index in [9.17, 15) is 4.79 Å². The third kappa shape index (κ3) is 1.96. The lowest BCUT2D eigenvalue weighted by Crippen LogP contribution is -2.10. The van der Waals surface area contributed by atoms with E-state index in [2.05, 4.69) is 5.32 Å². The lowest BCUT2D eigenvalue weighted by atomic mass is 10.0. The smallest absolute Gasteiger partial charge is 0.150 e. The maximum absolute atomic E-state index is 11.0. The number of carbonyl (C=O) groups excluding carboxylic acids is 1. The van der Waals surface area contributed by atoms with Gasteiger partial charge in [0, 0.05) is 18.3 Å². The molecular weight excluding hydrogens is 150 g/mol. The zero-order valence-electron chi connectivity index (χ0n) is 5.90. The summed E-state index contributed by atoms with van der Waals surface area (Å²) < 4.78 is 0. The molecule has 0 aromatic rings. The highest BCUT2D eigenvalue weighted by molar-refractivity contribution is 6.17. The number of rotatable bonds is 3. The Morgan fingerprint density at radius 2 is 2.50 bits per heavy atom. The summed E-state index contributed by atoms with van der Waals surface area (Å²) in [5.74, 6) is 1.27. The predicted octanol–water partition coefficient (Wildman–Crippen LogP) is 0.794. The van der Waals surface area contributed by atoms with Crippen LogP contribution >= 0.6 is 11.6 Å². The van der Waals surface area contributed by atoms with E-state index in [-0.39, 0.29) is 5.92 Å². The zero-order valence-corrected chi connectivity index (χ0v) is 6.66. The van der Waals surface area contributed by atoms with Gasteiger partial charge in [0.2, 0.25) is 0 Å². The van der Waals surface area contributed by atoms with Crippen molar-refractivity contribution in [2.75, 3.05) is 19.0 Å². The van der Waals surface area contributed by atoms with Crippen LogP contribution in [0.25, 0.3) is 0 Å². The molecule has 0 saturated carbocycles. The first-order valence-electron chi connectivity index (χ1n) is 3.64. The van der Waals surface area contributed by atoms with Crippen LogP contribution in [-0.4, -0.2) is 24.8 Å². The van der Waals surface area contributed by atoms with Crippen LogP contribution in [0.15, 0.2) is 0 Å². The van der Waals surface area contributed by atoms with Gasteiger partial charge < -0.3 is 5.32 Å². The van der Waals surface area contributed by atoms with Crippen molar-refractivity contribution in [2.24, 2.45) is 5.92 Å². The van der Waals surface area contributed by atoms with Crippen molar-refractivity contribution in [1.29, 1.82) is 0 Å². The summed E-state index contributed by atoms with van der Waals surface area (Å²) in [6.07, 6.45) is 1.91. The summed E-state index contributed by atoms with van der Waals surface area (Å²) in [6.45, 7) is 1.42. The third-order valence-electron chi connectivity index (χ3n) is 1.83. The molecule has 0 aromatic carbocycles. The molecule has 0 bridgehead atoms. The second-order valence-corrected chi connectivity index (χ2v) is 3.00. The van der Waals surface area contributed by atoms with Crippen molar-refractivity contribution < 1.29 is 4.79 Å². The molecule has 0 radical (unpaired) electrons. The number of hydrogen-bond acceptors (Lipinski definition) is 2. The summed E-state index contributed by atoms with van der Waals surface area (Å²) in [4.78, 5) is 11.0. The molecule has 3 heteroatoms. The van der Waals surface area contributed by atoms with Crippen molar-refractivity contribution in [3.63, 3.8) is 0 Å². The van der Waals surface area contributed by atoms with Crippen molar-refractivity contribution in [3.8, 4) is 0 Å². The number of Topliss-reactive ketones (excluding diaryl/α,β-unsaturated/α-hetero) is 1. The molecule has 2 nitrogen and oxygen atoms in total. The van der Waals surface area contributed by atoms with E-state index in [1.165, 1.54) is 0 Å². The quantitative estimate of drug-likeness (QED) is 0.621. The molecule has 1 rings (SSSR count). The van der Waals surface area contributed by atoms with E-state index < -0.39 is 0 Å². The van der Waals surface area contributed by atoms with Crippen molar-refractivity contribution >= 4 is 17.4 Å². The minimum atomic E-state index is 0.249. The SMILES string of the molecule is O=C1CNCC1CCCCl. The van der Waals surface area contributed by atoms with E-state index in [4.69, 9.17) is 11.6 Å². The van der Waals surface area contributed by atoms with Crippen LogP contribution in [0.2, 0.25) is 0 Å². The van der Waals surface area contributed by atoms with Gasteiger partial charge in [-0.1, -0.05) is 0 Å². The highest BCUT2D eigenvalue weighted by Gasteiger charge is 2.22. The van der Waals surface area contributed by atoms with Gasteiger partial charge in [-0.3, -0.25) is 4.79 Å². The van der Waals surface area contributed by atoms with E-state index in [0.29, 0.717) is 18.2 Å². The van der Waals surface area contributed by atoms with Gasteiger partial charge in [0.1, 0.15) is 0 Å². The Kier molecular flexibility index (Phi) is 3.16. The van der Waals surface area contributed by atoms with Crippen molar-refractivity contribution in [3.05, 3.63) is 0 Å². The Labute approximate surface area is 65.9 Å². The lowest BCUT2D eigenvalue weighted by Gasteiger charge is -2.02. The predicted molar refractivity (Wildman–Crippen MR) is 41.3 cm³/mol. The fraction of sp³-hybridized carbons (Fsp3) is 0.857. The Hall–Kier alpha value is -0.0800. The first-order chi connectivity index (χ1) is 4.84. The average molecular weight is 162 g/mol. The van der Waals surface area contributed by atoms with Gasteiger partial charge in [-0.25, -0.2) is 0 Å². The number of alkyl halides is 1. The zero-order chi connectivity index (χ0) is 7.40. The van der Waals surface area contributed by atoms with Crippen LogP contribution in [0.5, 0.6) is 0 Å². The van der Waals surface area contributed by atoms with Gasteiger partial charge in [0.05, 0.1) is 6.54 Å². The maximum Gasteiger partial charge on any atom is 0.150 e. The standard InChI is InChI=1S/C7H12ClNO/c8-3-1-2-6-4-9-5-7(6)10/h6,9H,1-5H2. The Morgan fingerprint density at radius 1 is 1.70 bits per heavy atom. The van der Waals surface area contributed by atoms with E-state index in [1.807, 2.05) is 0 Å². The van der Waals surface area contributed by atoms with Crippen LogP contribution in [0.3, 0.4) is 0 Å². The molecule has 58 valence electrons. The second-order valence-electron chi connectivity index (χ2n) is 2.63. The highest BCUT2D eigenvalue weighted by Crippen LogP contribution is 2.11. The molecule has 1 aliphatic heterocycles. The van der Waals surface area contributed by atoms with Crippen LogP contribution in [-0.2, 0) is 4.79 Å². The van der Waals surface area contributed by atoms with E-state index in [0.717, 1.165) is 19.4 Å². The summed E-state index contributed by atoms with van der Waals surface area (Å²) in [7, 11) is 0. The van der Waals surface area contributed by atoms with Crippen LogP contribution in [0, 0.1) is 5.92 Å². The number of nitrogens with one attached hydrogen (secondary N) is 1. The maximum atomic E-state index is 11.0. The molecule has 1 saturated heterocycles. The molecule has 0 spiro atoms. The molecule has 1 atom stereocenters. The summed E-state index contributed by atoms with van der Waals surface area (Å²) in [5, 5.41) is 3.04. The average Bonchev–Trinajstić information content (AvgIpc) is 2.31. The summed E-state index contributed by atoms with van der Waals surface area (Å²) >= 11 is 5.50. The fourth-order valence-corrected chi connectivity index (χ4v) is 1.37. The molecule has 1 fully saturated rings. The Bertz CT molecular complexity index is 127. The molecule has 0 aliphatic carbocycles. The highest BCUT2D eigenvalue weighted by atomic mass is 35.5. The molecule has 0 aromatic heterocycles. The van der Waals surface area contributed by atoms with Crippen molar-refractivity contribution in [1.82, 2.24) is 5.32 Å². The topological polar surface area (TPSA) is 29.1 Å². The largest absolute Gasteiger partial charge is 0.309 e. The minimum Gasteiger partial charge on any atom is -0.309 e. The number of carbonyl (C=O) groups is 1. The van der Waals surface area contributed by atoms with E-state index in [1.54, 1.807) is 0 Å². The molecule has 1 heterocycles. The molecule has 10 heavy (non-hydrogen) atoms. The van der Waals surface area contributed by atoms with E-state index >= 15 is 0 Å². The third-order valence-corrected chi connectivity index (χ3v) is 2.10. The Morgan fingerprint density at radius 3 is 3.00 bits per heavy atom. The first-order valence-corrected chi connectivity index (χ1v) is 4.17. The van der Waals surface area contributed by atoms with Crippen LogP contribution in [0.1, 0.15) is 12.8 Å². The van der Waals surface area contributed by atoms with Crippen LogP contribution < -0.4 is 5.32 Å². The number of ketones is 1. The van der Waals surface area contributed by atoms with Crippen molar-refractivity contribution in [2.45, 2.75) is 12.8 Å². The Balaban J connectivity index is 2.20. The molecule has 1 unspecified atom stereocenters. The minimum absolute atomic E-state index is 0.249.